The predicted octanol–water partition coefficient (Wildman–Crippen LogP) is 5.21. The highest BCUT2D eigenvalue weighted by molar-refractivity contribution is 5.85. The van der Waals surface area contributed by atoms with E-state index in [1.807, 2.05) is 50.8 Å². The second kappa shape index (κ2) is 10.8. The molecule has 11 nitrogen and oxygen atoms in total. The third-order valence-corrected chi connectivity index (χ3v) is 8.62. The third-order valence-electron chi connectivity index (χ3n) is 8.62. The third kappa shape index (κ3) is 5.09. The van der Waals surface area contributed by atoms with Gasteiger partial charge in [0, 0.05) is 68.4 Å². The van der Waals surface area contributed by atoms with Crippen molar-refractivity contribution in [2.75, 3.05) is 18.4 Å². The van der Waals surface area contributed by atoms with E-state index in [1.54, 1.807) is 6.92 Å². The molecule has 0 unspecified atom stereocenters. The molecule has 0 bridgehead atoms. The topological polar surface area (TPSA) is 112 Å². The van der Waals surface area contributed by atoms with Crippen molar-refractivity contribution in [2.45, 2.75) is 58.5 Å². The van der Waals surface area contributed by atoms with E-state index in [-0.39, 0.29) is 11.9 Å². The number of hydrogen-bond donors (Lipinski definition) is 1. The minimum atomic E-state index is 0.137. The number of fused-ring (bicyclic) bond motifs is 3. The fourth-order valence-electron chi connectivity index (χ4n) is 6.22. The van der Waals surface area contributed by atoms with Gasteiger partial charge >= 0.3 is 0 Å². The summed E-state index contributed by atoms with van der Waals surface area (Å²) in [5, 5.41) is 17.4. The van der Waals surface area contributed by atoms with Crippen LogP contribution in [-0.4, -0.2) is 63.2 Å². The van der Waals surface area contributed by atoms with Gasteiger partial charge in [-0.3, -0.25) is 18.8 Å². The van der Waals surface area contributed by atoms with Crippen LogP contribution in [0.3, 0.4) is 0 Å². The molecule has 5 aromatic rings. The first-order valence-electron chi connectivity index (χ1n) is 15.0. The van der Waals surface area contributed by atoms with Gasteiger partial charge in [0.2, 0.25) is 11.9 Å². The molecule has 1 aliphatic heterocycles. The van der Waals surface area contributed by atoms with Gasteiger partial charge in [0.1, 0.15) is 0 Å². The van der Waals surface area contributed by atoms with Gasteiger partial charge in [-0.05, 0) is 50.7 Å². The van der Waals surface area contributed by atoms with Crippen molar-refractivity contribution in [3.8, 4) is 33.6 Å². The predicted molar refractivity (Wildman–Crippen MR) is 165 cm³/mol. The van der Waals surface area contributed by atoms with Crippen molar-refractivity contribution < 1.29 is 4.79 Å². The summed E-state index contributed by atoms with van der Waals surface area (Å²) in [4.78, 5) is 23.2. The molecule has 1 N–H and O–H groups in total. The Morgan fingerprint density at radius 3 is 2.44 bits per heavy atom. The minimum Gasteiger partial charge on any atom is -0.343 e. The highest BCUT2D eigenvalue weighted by Gasteiger charge is 2.27. The number of nitrogens with zero attached hydrogens (tertiary/aromatic N) is 9. The van der Waals surface area contributed by atoms with E-state index in [4.69, 9.17) is 10.1 Å². The molecule has 1 aromatic carbocycles. The summed E-state index contributed by atoms with van der Waals surface area (Å²) in [6.45, 7) is 7.41. The molecule has 1 amide bonds. The molecule has 220 valence electrons. The Bertz CT molecular complexity index is 1790. The second-order valence-electron chi connectivity index (χ2n) is 11.8. The van der Waals surface area contributed by atoms with Crippen molar-refractivity contribution in [3.05, 3.63) is 66.5 Å². The first-order valence-corrected chi connectivity index (χ1v) is 15.0. The van der Waals surface area contributed by atoms with Crippen LogP contribution < -0.4 is 5.32 Å². The fraction of sp³-hybridized carbons (Fsp3) is 0.375. The summed E-state index contributed by atoms with van der Waals surface area (Å²) in [7, 11) is 2.00. The number of aryl methyl sites for hydroxylation is 3. The van der Waals surface area contributed by atoms with Crippen LogP contribution in [0.15, 0.2) is 55.2 Å². The van der Waals surface area contributed by atoms with Crippen molar-refractivity contribution in [3.63, 3.8) is 0 Å². The lowest BCUT2D eigenvalue weighted by Crippen LogP contribution is -2.37. The highest BCUT2D eigenvalue weighted by atomic mass is 16.2. The first-order chi connectivity index (χ1) is 20.8. The van der Waals surface area contributed by atoms with Crippen molar-refractivity contribution in [1.29, 1.82) is 0 Å². The lowest BCUT2D eigenvalue weighted by molar-refractivity contribution is -0.130. The van der Waals surface area contributed by atoms with Gasteiger partial charge in [-0.1, -0.05) is 24.3 Å². The summed E-state index contributed by atoms with van der Waals surface area (Å²) < 4.78 is 5.95. The maximum Gasteiger partial charge on any atom is 0.227 e. The van der Waals surface area contributed by atoms with E-state index >= 15 is 0 Å². The largest absolute Gasteiger partial charge is 0.343 e. The summed E-state index contributed by atoms with van der Waals surface area (Å²) >= 11 is 0. The molecule has 11 heteroatoms. The molecular weight excluding hydrogens is 540 g/mol. The lowest BCUT2D eigenvalue weighted by atomic mass is 9.91. The standard InChI is InChI=1S/C32H36N10O/c1-20(2)41-18-25(16-34-41)22-5-7-23(8-6-22)31-29-28(38-39(31)4)10-9-24-15-33-32(37-30(24)29)36-26-17-35-42(19-26)27-11-13-40(14-12-27)21(3)43/h5-8,15-20,27H,9-14H2,1-4H3,(H,33,36,37). The van der Waals surface area contributed by atoms with Crippen LogP contribution >= 0.6 is 0 Å². The van der Waals surface area contributed by atoms with E-state index in [9.17, 15) is 4.79 Å². The average Bonchev–Trinajstić information content (AvgIpc) is 3.76. The number of benzene rings is 1. The number of aromatic nitrogens is 8. The molecule has 7 rings (SSSR count). The van der Waals surface area contributed by atoms with Crippen LogP contribution in [0.4, 0.5) is 11.6 Å². The van der Waals surface area contributed by atoms with Gasteiger partial charge in [-0.2, -0.15) is 15.3 Å². The van der Waals surface area contributed by atoms with Crippen LogP contribution in [-0.2, 0) is 24.7 Å². The number of carbonyl (C=O) groups is 1. The van der Waals surface area contributed by atoms with Crippen LogP contribution in [0, 0.1) is 0 Å². The van der Waals surface area contributed by atoms with E-state index in [0.717, 1.165) is 89.4 Å². The van der Waals surface area contributed by atoms with Crippen LogP contribution in [0.2, 0.25) is 0 Å². The number of carbonyl (C=O) groups excluding carboxylic acids is 1. The first kappa shape index (κ1) is 27.1. The minimum absolute atomic E-state index is 0.137. The molecule has 1 fully saturated rings. The number of nitrogens with one attached hydrogen (secondary N) is 1. The maximum absolute atomic E-state index is 11.7. The summed E-state index contributed by atoms with van der Waals surface area (Å²) in [6.07, 6.45) is 13.3. The monoisotopic (exact) mass is 576 g/mol. The second-order valence-corrected chi connectivity index (χ2v) is 11.8. The van der Waals surface area contributed by atoms with E-state index in [0.29, 0.717) is 12.0 Å². The highest BCUT2D eigenvalue weighted by Crippen LogP contribution is 2.40. The lowest BCUT2D eigenvalue weighted by Gasteiger charge is -2.31. The summed E-state index contributed by atoms with van der Waals surface area (Å²) in [5.41, 5.74) is 9.39. The van der Waals surface area contributed by atoms with E-state index in [1.165, 1.54) is 0 Å². The van der Waals surface area contributed by atoms with Gasteiger partial charge < -0.3 is 10.2 Å². The number of rotatable bonds is 6. The number of hydrogen-bond acceptors (Lipinski definition) is 7. The Hall–Kier alpha value is -4.80. The SMILES string of the molecule is CC(=O)N1CCC(n2cc(Nc3ncc4c(n3)-c3c(nn(C)c3-c3ccc(-c5cnn(C(C)C)c5)cc3)CC4)cn2)CC1. The van der Waals surface area contributed by atoms with Crippen LogP contribution in [0.1, 0.15) is 57.0 Å². The zero-order valence-electron chi connectivity index (χ0n) is 25.0. The van der Waals surface area contributed by atoms with Crippen molar-refractivity contribution >= 4 is 17.5 Å². The molecular formula is C32H36N10O. The average molecular weight is 577 g/mol. The molecule has 5 heterocycles. The molecule has 1 aliphatic carbocycles. The van der Waals surface area contributed by atoms with Gasteiger partial charge in [0.25, 0.3) is 0 Å². The molecule has 2 aliphatic rings. The van der Waals surface area contributed by atoms with Crippen molar-refractivity contribution in [1.82, 2.24) is 44.2 Å². The Kier molecular flexibility index (Phi) is 6.79. The Labute approximate surface area is 250 Å². The van der Waals surface area contributed by atoms with Gasteiger partial charge in [0.15, 0.2) is 0 Å². The summed E-state index contributed by atoms with van der Waals surface area (Å²) in [5.74, 6) is 0.669. The number of amides is 1. The van der Waals surface area contributed by atoms with Gasteiger partial charge in [-0.25, -0.2) is 9.97 Å². The zero-order valence-corrected chi connectivity index (χ0v) is 25.0. The number of piperidine rings is 1. The Morgan fingerprint density at radius 2 is 1.72 bits per heavy atom. The summed E-state index contributed by atoms with van der Waals surface area (Å²) in [6, 6.07) is 9.20. The number of anilines is 2. The Morgan fingerprint density at radius 1 is 0.953 bits per heavy atom. The zero-order chi connectivity index (χ0) is 29.7. The van der Waals surface area contributed by atoms with E-state index < -0.39 is 0 Å². The number of likely N-dealkylation sites (tertiary alicyclic amines) is 1. The Balaban J connectivity index is 1.14. The van der Waals surface area contributed by atoms with Gasteiger partial charge in [-0.15, -0.1) is 0 Å². The fourth-order valence-corrected chi connectivity index (χ4v) is 6.22. The van der Waals surface area contributed by atoms with Crippen molar-refractivity contribution in [2.24, 2.45) is 7.05 Å². The maximum atomic E-state index is 11.7. The smallest absolute Gasteiger partial charge is 0.227 e. The van der Waals surface area contributed by atoms with Crippen LogP contribution in [0.5, 0.6) is 0 Å². The molecule has 0 atom stereocenters. The van der Waals surface area contributed by atoms with E-state index in [2.05, 4.69) is 64.8 Å². The molecule has 0 saturated carbocycles. The molecule has 0 spiro atoms. The molecule has 4 aromatic heterocycles. The quantitative estimate of drug-likeness (QED) is 0.295. The molecule has 43 heavy (non-hydrogen) atoms. The normalized spacial score (nSPS) is 15.0. The molecule has 0 radical (unpaired) electrons. The molecule has 1 saturated heterocycles. The van der Waals surface area contributed by atoms with Gasteiger partial charge in [0.05, 0.1) is 41.2 Å². The van der Waals surface area contributed by atoms with Crippen LogP contribution in [0.25, 0.3) is 33.6 Å².